The van der Waals surface area contributed by atoms with Gasteiger partial charge < -0.3 is 4.74 Å². The van der Waals surface area contributed by atoms with E-state index in [1.165, 1.54) is 0 Å². The Morgan fingerprint density at radius 2 is 2.23 bits per heavy atom. The minimum Gasteiger partial charge on any atom is -0.370 e. The molecule has 13 heavy (non-hydrogen) atoms. The van der Waals surface area contributed by atoms with E-state index in [0.717, 1.165) is 6.42 Å². The van der Waals surface area contributed by atoms with E-state index < -0.39 is 0 Å². The molecule has 2 heterocycles. The normalized spacial score (nSPS) is 65.6. The summed E-state index contributed by atoms with van der Waals surface area (Å²) in [4.78, 5) is 11.9. The third kappa shape index (κ3) is 0.485. The van der Waals surface area contributed by atoms with E-state index in [2.05, 4.69) is 19.1 Å². The minimum absolute atomic E-state index is 0.00778. The van der Waals surface area contributed by atoms with Gasteiger partial charge in [0.2, 0.25) is 0 Å². The molecule has 0 aromatic carbocycles. The highest BCUT2D eigenvalue weighted by Gasteiger charge is 2.70. The minimum atomic E-state index is -0.00778. The summed E-state index contributed by atoms with van der Waals surface area (Å²) in [7, 11) is 0. The van der Waals surface area contributed by atoms with Crippen LogP contribution < -0.4 is 0 Å². The molecule has 0 N–H and O–H groups in total. The zero-order valence-electron chi connectivity index (χ0n) is 7.57. The van der Waals surface area contributed by atoms with Crippen molar-refractivity contribution in [1.82, 2.24) is 0 Å². The van der Waals surface area contributed by atoms with Crippen molar-refractivity contribution in [3.63, 3.8) is 0 Å². The van der Waals surface area contributed by atoms with Gasteiger partial charge in [0.15, 0.2) is 0 Å². The Hall–Kier alpha value is -0.630. The van der Waals surface area contributed by atoms with E-state index in [-0.39, 0.29) is 17.6 Å². The molecule has 5 aliphatic rings. The highest BCUT2D eigenvalue weighted by atomic mass is 16.5. The lowest BCUT2D eigenvalue weighted by Gasteiger charge is -2.40. The fourth-order valence-corrected chi connectivity index (χ4v) is 4.13. The Labute approximate surface area is 77.0 Å². The molecule has 2 unspecified atom stereocenters. The van der Waals surface area contributed by atoms with Crippen LogP contribution in [0, 0.1) is 23.7 Å². The van der Waals surface area contributed by atoms with Crippen molar-refractivity contribution in [3.05, 3.63) is 12.2 Å². The van der Waals surface area contributed by atoms with Crippen molar-refractivity contribution in [2.75, 3.05) is 0 Å². The molecule has 2 nitrogen and oxygen atoms in total. The van der Waals surface area contributed by atoms with E-state index in [0.29, 0.717) is 23.5 Å². The van der Waals surface area contributed by atoms with E-state index in [4.69, 9.17) is 4.74 Å². The second-order valence-electron chi connectivity index (χ2n) is 5.05. The van der Waals surface area contributed by atoms with Crippen molar-refractivity contribution >= 4 is 5.78 Å². The number of hydrogen-bond donors (Lipinski definition) is 0. The maximum Gasteiger partial charge on any atom is 0.143 e. The molecular formula is C11H12O2. The molecule has 0 spiro atoms. The van der Waals surface area contributed by atoms with Gasteiger partial charge in [-0.3, -0.25) is 4.79 Å². The van der Waals surface area contributed by atoms with Gasteiger partial charge in [-0.05, 0) is 13.3 Å². The molecule has 4 fully saturated rings. The Bertz CT molecular complexity index is 336. The Balaban J connectivity index is 2.01. The van der Waals surface area contributed by atoms with E-state index in [1.54, 1.807) is 0 Å². The van der Waals surface area contributed by atoms with Gasteiger partial charge in [-0.15, -0.1) is 0 Å². The van der Waals surface area contributed by atoms with Gasteiger partial charge in [-0.25, -0.2) is 0 Å². The van der Waals surface area contributed by atoms with Crippen molar-refractivity contribution < 1.29 is 9.53 Å². The third-order valence-electron chi connectivity index (χ3n) is 4.66. The maximum atomic E-state index is 11.9. The van der Waals surface area contributed by atoms with E-state index in [9.17, 15) is 4.79 Å². The predicted molar refractivity (Wildman–Crippen MR) is 46.0 cm³/mol. The second-order valence-corrected chi connectivity index (χ2v) is 5.05. The monoisotopic (exact) mass is 176 g/mol. The molecule has 6 atom stereocenters. The molecule has 68 valence electrons. The molecule has 0 aromatic rings. The predicted octanol–water partition coefficient (Wildman–Crippen LogP) is 1.16. The van der Waals surface area contributed by atoms with Gasteiger partial charge >= 0.3 is 0 Å². The SMILES string of the molecule is C[C@]12O[C@H]3C[C@@H]4C(=O)[C@H]3C1C=CC42. The number of hydrogen-bond acceptors (Lipinski definition) is 2. The number of ketones is 1. The average Bonchev–Trinajstić information content (AvgIpc) is 2.51. The first kappa shape index (κ1) is 6.77. The van der Waals surface area contributed by atoms with Gasteiger partial charge in [0, 0.05) is 17.8 Å². The second kappa shape index (κ2) is 1.63. The van der Waals surface area contributed by atoms with E-state index >= 15 is 0 Å². The fraction of sp³-hybridized carbons (Fsp3) is 0.727. The van der Waals surface area contributed by atoms with Gasteiger partial charge in [0.25, 0.3) is 0 Å². The van der Waals surface area contributed by atoms with E-state index in [1.807, 2.05) is 0 Å². The molecule has 3 aliphatic carbocycles. The number of carbonyl (C=O) groups excluding carboxylic acids is 1. The lowest BCUT2D eigenvalue weighted by atomic mass is 9.69. The lowest BCUT2D eigenvalue weighted by Crippen LogP contribution is -2.47. The summed E-state index contributed by atoms with van der Waals surface area (Å²) >= 11 is 0. The molecule has 2 saturated carbocycles. The van der Waals surface area contributed by atoms with Crippen LogP contribution >= 0.6 is 0 Å². The van der Waals surface area contributed by atoms with Crippen molar-refractivity contribution in [1.29, 1.82) is 0 Å². The van der Waals surface area contributed by atoms with Gasteiger partial charge in [0.1, 0.15) is 5.78 Å². The van der Waals surface area contributed by atoms with Crippen molar-refractivity contribution in [2.24, 2.45) is 23.7 Å². The summed E-state index contributed by atoms with van der Waals surface area (Å²) in [5.74, 6) is 1.78. The number of rotatable bonds is 0. The fourth-order valence-electron chi connectivity index (χ4n) is 4.13. The van der Waals surface area contributed by atoms with Crippen molar-refractivity contribution in [2.45, 2.75) is 25.0 Å². The highest BCUT2D eigenvalue weighted by Crippen LogP contribution is 2.64. The Kier molecular flexibility index (Phi) is 0.850. The maximum absolute atomic E-state index is 11.9. The van der Waals surface area contributed by atoms with Crippen molar-refractivity contribution in [3.8, 4) is 0 Å². The molecule has 2 saturated heterocycles. The summed E-state index contributed by atoms with van der Waals surface area (Å²) in [5, 5.41) is 0. The van der Waals surface area contributed by atoms with Crippen LogP contribution in [0.5, 0.6) is 0 Å². The zero-order chi connectivity index (χ0) is 8.79. The Morgan fingerprint density at radius 1 is 1.46 bits per heavy atom. The lowest BCUT2D eigenvalue weighted by molar-refractivity contribution is -0.138. The van der Waals surface area contributed by atoms with Crippen LogP contribution in [-0.4, -0.2) is 17.5 Å². The first-order valence-electron chi connectivity index (χ1n) is 5.12. The molecule has 0 radical (unpaired) electrons. The molecule has 5 rings (SSSR count). The van der Waals surface area contributed by atoms with Gasteiger partial charge in [-0.2, -0.15) is 0 Å². The standard InChI is InChI=1S/C11H12O2/c1-11-6-2-3-7(11)9-8(13-11)4-5(6)10(9)12/h2-3,5-9H,4H2,1H3/t5-,6?,7?,8-,9-,11+/m0/s1. The zero-order valence-corrected chi connectivity index (χ0v) is 7.57. The summed E-state index contributed by atoms with van der Waals surface area (Å²) in [6.45, 7) is 2.19. The molecular weight excluding hydrogens is 164 g/mol. The van der Waals surface area contributed by atoms with Crippen LogP contribution in [0.3, 0.4) is 0 Å². The molecule has 2 heteroatoms. The summed E-state index contributed by atoms with van der Waals surface area (Å²) in [5.41, 5.74) is -0.00778. The van der Waals surface area contributed by atoms with Crippen LogP contribution in [0.2, 0.25) is 0 Å². The molecule has 6 bridgehead atoms. The van der Waals surface area contributed by atoms with Crippen LogP contribution in [0.25, 0.3) is 0 Å². The average molecular weight is 176 g/mol. The van der Waals surface area contributed by atoms with Crippen LogP contribution in [0.4, 0.5) is 0 Å². The third-order valence-corrected chi connectivity index (χ3v) is 4.66. The number of ether oxygens (including phenoxy) is 1. The van der Waals surface area contributed by atoms with Crippen LogP contribution in [0.1, 0.15) is 13.3 Å². The smallest absolute Gasteiger partial charge is 0.143 e. The first-order chi connectivity index (χ1) is 6.22. The molecule has 0 aromatic heterocycles. The topological polar surface area (TPSA) is 26.3 Å². The molecule has 0 amide bonds. The Morgan fingerprint density at radius 3 is 3.08 bits per heavy atom. The largest absolute Gasteiger partial charge is 0.370 e. The quantitative estimate of drug-likeness (QED) is 0.518. The summed E-state index contributed by atoms with van der Waals surface area (Å²) < 4.78 is 6.01. The van der Waals surface area contributed by atoms with Gasteiger partial charge in [-0.1, -0.05) is 12.2 Å². The number of carbonyl (C=O) groups is 1. The van der Waals surface area contributed by atoms with Crippen LogP contribution in [-0.2, 0) is 9.53 Å². The van der Waals surface area contributed by atoms with Gasteiger partial charge in [0.05, 0.1) is 17.6 Å². The number of Topliss-reactive ketones (excluding diaryl/α,β-unsaturated/α-hetero) is 1. The first-order valence-corrected chi connectivity index (χ1v) is 5.12. The molecule has 2 aliphatic heterocycles. The summed E-state index contributed by atoms with van der Waals surface area (Å²) in [6.07, 6.45) is 5.70. The summed E-state index contributed by atoms with van der Waals surface area (Å²) in [6, 6.07) is 0. The highest BCUT2D eigenvalue weighted by molar-refractivity contribution is 5.90. The van der Waals surface area contributed by atoms with Crippen LogP contribution in [0.15, 0.2) is 12.2 Å².